The van der Waals surface area contributed by atoms with Gasteiger partial charge in [0.2, 0.25) is 15.9 Å². The van der Waals surface area contributed by atoms with E-state index in [1.165, 1.54) is 4.31 Å². The van der Waals surface area contributed by atoms with Gasteiger partial charge in [0.25, 0.3) is 0 Å². The largest absolute Gasteiger partial charge is 0.342 e. The summed E-state index contributed by atoms with van der Waals surface area (Å²) in [6.45, 7) is 6.45. The van der Waals surface area contributed by atoms with E-state index in [1.54, 1.807) is 0 Å². The van der Waals surface area contributed by atoms with Gasteiger partial charge in [-0.3, -0.25) is 4.79 Å². The maximum absolute atomic E-state index is 12.3. The molecule has 1 aliphatic heterocycles. The van der Waals surface area contributed by atoms with Crippen LogP contribution in [0.15, 0.2) is 0 Å². The van der Waals surface area contributed by atoms with Gasteiger partial charge in [-0.15, -0.1) is 0 Å². The summed E-state index contributed by atoms with van der Waals surface area (Å²) >= 11 is 0. The fourth-order valence-corrected chi connectivity index (χ4v) is 4.44. The molecular weight excluding hydrogens is 264 g/mol. The van der Waals surface area contributed by atoms with Gasteiger partial charge in [-0.05, 0) is 25.7 Å². The van der Waals surface area contributed by atoms with Crippen molar-refractivity contribution < 1.29 is 13.2 Å². The molecule has 1 amide bonds. The molecule has 1 aliphatic carbocycles. The highest BCUT2D eigenvalue weighted by atomic mass is 32.2. The smallest absolute Gasteiger partial charge is 0.228 e. The third-order valence-corrected chi connectivity index (χ3v) is 6.13. The van der Waals surface area contributed by atoms with E-state index in [4.69, 9.17) is 0 Å². The molecule has 6 heteroatoms. The van der Waals surface area contributed by atoms with Crippen molar-refractivity contribution in [3.63, 3.8) is 0 Å². The normalized spacial score (nSPS) is 21.2. The molecule has 19 heavy (non-hydrogen) atoms. The molecule has 0 spiro atoms. The molecule has 0 atom stereocenters. The second-order valence-electron chi connectivity index (χ2n) is 5.58. The number of rotatable bonds is 7. The Morgan fingerprint density at radius 1 is 1.16 bits per heavy atom. The van der Waals surface area contributed by atoms with Crippen LogP contribution in [0.5, 0.6) is 0 Å². The number of carbonyl (C=O) groups is 1. The maximum Gasteiger partial charge on any atom is 0.228 e. The molecule has 2 fully saturated rings. The van der Waals surface area contributed by atoms with E-state index in [0.29, 0.717) is 13.1 Å². The fourth-order valence-electron chi connectivity index (χ4n) is 2.51. The first-order valence-electron chi connectivity index (χ1n) is 7.28. The lowest BCUT2D eigenvalue weighted by Gasteiger charge is -2.39. The van der Waals surface area contributed by atoms with Gasteiger partial charge >= 0.3 is 0 Å². The molecule has 1 heterocycles. The number of sulfonamides is 1. The van der Waals surface area contributed by atoms with Crippen LogP contribution in [0.25, 0.3) is 0 Å². The molecule has 0 bridgehead atoms. The van der Waals surface area contributed by atoms with E-state index in [-0.39, 0.29) is 17.1 Å². The van der Waals surface area contributed by atoms with Crippen LogP contribution in [0, 0.1) is 5.92 Å². The highest BCUT2D eigenvalue weighted by molar-refractivity contribution is 7.90. The third kappa shape index (κ3) is 3.11. The Hall–Kier alpha value is -0.620. The second-order valence-corrected chi connectivity index (χ2v) is 7.80. The summed E-state index contributed by atoms with van der Waals surface area (Å²) < 4.78 is 25.4. The Morgan fingerprint density at radius 3 is 2.11 bits per heavy atom. The average Bonchev–Trinajstić information content (AvgIpc) is 3.10. The van der Waals surface area contributed by atoms with E-state index in [1.807, 2.05) is 4.90 Å². The van der Waals surface area contributed by atoms with E-state index < -0.39 is 10.0 Å². The lowest BCUT2D eigenvalue weighted by atomic mass is 10.0. The molecule has 1 saturated carbocycles. The van der Waals surface area contributed by atoms with Gasteiger partial charge in [0.1, 0.15) is 0 Å². The summed E-state index contributed by atoms with van der Waals surface area (Å²) in [6.07, 6.45) is 3.47. The predicted octanol–water partition coefficient (Wildman–Crippen LogP) is 1.06. The summed E-state index contributed by atoms with van der Waals surface area (Å²) in [7, 11) is -3.08. The van der Waals surface area contributed by atoms with Crippen LogP contribution in [0.2, 0.25) is 0 Å². The molecule has 0 N–H and O–H groups in total. The highest BCUT2D eigenvalue weighted by Crippen LogP contribution is 2.34. The van der Waals surface area contributed by atoms with Crippen molar-refractivity contribution in [2.75, 3.05) is 26.2 Å². The molecule has 5 nitrogen and oxygen atoms in total. The zero-order chi connectivity index (χ0) is 14.0. The fraction of sp³-hybridized carbons (Fsp3) is 0.923. The summed E-state index contributed by atoms with van der Waals surface area (Å²) in [5.41, 5.74) is 0. The number of carbonyl (C=O) groups excluding carboxylic acids is 1. The SMILES string of the molecule is CCCN(CCC)C(=O)C1CN(S(=O)(=O)C2CC2)C1. The molecule has 110 valence electrons. The van der Waals surface area contributed by atoms with Gasteiger partial charge in [0.05, 0.1) is 11.2 Å². The molecule has 0 aromatic heterocycles. The molecule has 2 rings (SSSR count). The minimum atomic E-state index is -3.08. The van der Waals surface area contributed by atoms with E-state index in [9.17, 15) is 13.2 Å². The van der Waals surface area contributed by atoms with Crippen molar-refractivity contribution in [1.82, 2.24) is 9.21 Å². The zero-order valence-electron chi connectivity index (χ0n) is 11.8. The van der Waals surface area contributed by atoms with Crippen LogP contribution in [0.3, 0.4) is 0 Å². The van der Waals surface area contributed by atoms with E-state index >= 15 is 0 Å². The highest BCUT2D eigenvalue weighted by Gasteiger charge is 2.47. The zero-order valence-corrected chi connectivity index (χ0v) is 12.7. The van der Waals surface area contributed by atoms with Crippen LogP contribution in [0.4, 0.5) is 0 Å². The van der Waals surface area contributed by atoms with Crippen molar-refractivity contribution in [2.24, 2.45) is 5.92 Å². The van der Waals surface area contributed by atoms with Gasteiger partial charge in [0.15, 0.2) is 0 Å². The molecule has 1 saturated heterocycles. The lowest BCUT2D eigenvalue weighted by molar-refractivity contribution is -0.139. The summed E-state index contributed by atoms with van der Waals surface area (Å²) in [5.74, 6) is 0.0116. The van der Waals surface area contributed by atoms with E-state index in [2.05, 4.69) is 13.8 Å². The van der Waals surface area contributed by atoms with Gasteiger partial charge in [-0.1, -0.05) is 13.8 Å². The lowest BCUT2D eigenvalue weighted by Crippen LogP contribution is -2.57. The van der Waals surface area contributed by atoms with Gasteiger partial charge < -0.3 is 4.90 Å². The average molecular weight is 288 g/mol. The Kier molecular flexibility index (Phi) is 4.50. The first-order valence-corrected chi connectivity index (χ1v) is 8.78. The predicted molar refractivity (Wildman–Crippen MR) is 74.2 cm³/mol. The van der Waals surface area contributed by atoms with E-state index in [0.717, 1.165) is 38.8 Å². The number of hydrogen-bond donors (Lipinski definition) is 0. The third-order valence-electron chi connectivity index (χ3n) is 3.80. The quantitative estimate of drug-likeness (QED) is 0.704. The standard InChI is InChI=1S/C13H24N2O3S/c1-3-7-14(8-4-2)13(16)11-9-15(10-11)19(17,18)12-5-6-12/h11-12H,3-10H2,1-2H3. The van der Waals surface area contributed by atoms with Gasteiger partial charge in [-0.25, -0.2) is 8.42 Å². The maximum atomic E-state index is 12.3. The molecule has 0 aromatic carbocycles. The molecule has 0 aromatic rings. The summed E-state index contributed by atoms with van der Waals surface area (Å²) in [5, 5.41) is -0.161. The van der Waals surface area contributed by atoms with Crippen LogP contribution >= 0.6 is 0 Å². The van der Waals surface area contributed by atoms with Crippen molar-refractivity contribution in [2.45, 2.75) is 44.8 Å². The second kappa shape index (κ2) is 5.79. The van der Waals surface area contributed by atoms with Crippen LogP contribution < -0.4 is 0 Å². The number of amides is 1. The Balaban J connectivity index is 1.86. The van der Waals surface area contributed by atoms with Crippen LogP contribution in [-0.2, 0) is 14.8 Å². The van der Waals surface area contributed by atoms with Crippen molar-refractivity contribution in [1.29, 1.82) is 0 Å². The Bertz CT molecular complexity index is 419. The number of nitrogens with zero attached hydrogens (tertiary/aromatic N) is 2. The molecule has 0 radical (unpaired) electrons. The van der Waals surface area contributed by atoms with Gasteiger partial charge in [-0.2, -0.15) is 4.31 Å². The Labute approximate surface area is 116 Å². The van der Waals surface area contributed by atoms with Gasteiger partial charge in [0, 0.05) is 26.2 Å². The van der Waals surface area contributed by atoms with Crippen molar-refractivity contribution in [3.05, 3.63) is 0 Å². The first-order chi connectivity index (χ1) is 9.00. The summed E-state index contributed by atoms with van der Waals surface area (Å²) in [6, 6.07) is 0. The molecular formula is C13H24N2O3S. The summed E-state index contributed by atoms with van der Waals surface area (Å²) in [4.78, 5) is 14.1. The van der Waals surface area contributed by atoms with Crippen molar-refractivity contribution in [3.8, 4) is 0 Å². The molecule has 0 unspecified atom stereocenters. The Morgan fingerprint density at radius 2 is 1.68 bits per heavy atom. The van der Waals surface area contributed by atoms with Crippen LogP contribution in [0.1, 0.15) is 39.5 Å². The topological polar surface area (TPSA) is 57.7 Å². The molecule has 2 aliphatic rings. The van der Waals surface area contributed by atoms with Crippen LogP contribution in [-0.4, -0.2) is 55.0 Å². The monoisotopic (exact) mass is 288 g/mol. The number of hydrogen-bond acceptors (Lipinski definition) is 3. The minimum Gasteiger partial charge on any atom is -0.342 e. The first kappa shape index (κ1) is 14.8. The minimum absolute atomic E-state index is 0.119. The van der Waals surface area contributed by atoms with Crippen molar-refractivity contribution >= 4 is 15.9 Å².